The Morgan fingerprint density at radius 3 is 2.76 bits per heavy atom. The number of ether oxygens (including phenoxy) is 4. The Morgan fingerprint density at radius 2 is 2.07 bits per heavy atom. The average Bonchev–Trinajstić information content (AvgIpc) is 3.10. The van der Waals surface area contributed by atoms with Crippen LogP contribution < -0.4 is 24.8 Å². The number of alkyl halides is 2. The largest absolute Gasteiger partial charge is 0.454 e. The number of fused-ring (bicyclic) bond motifs is 1. The normalized spacial score (nSPS) is 19.1. The molecule has 2 heterocycles. The molecule has 2 aliphatic heterocycles. The van der Waals surface area contributed by atoms with Crippen molar-refractivity contribution >= 4 is 29.9 Å². The summed E-state index contributed by atoms with van der Waals surface area (Å²) < 4.78 is 46.4. The smallest absolute Gasteiger partial charge is 0.387 e. The lowest BCUT2D eigenvalue weighted by Gasteiger charge is -2.30. The van der Waals surface area contributed by atoms with E-state index in [1.54, 1.807) is 6.07 Å². The van der Waals surface area contributed by atoms with Gasteiger partial charge in [0.1, 0.15) is 5.75 Å². The molecule has 1 aromatic carbocycles. The van der Waals surface area contributed by atoms with Gasteiger partial charge in [-0.25, -0.2) is 4.99 Å². The van der Waals surface area contributed by atoms with E-state index in [2.05, 4.69) is 32.3 Å². The minimum Gasteiger partial charge on any atom is -0.454 e. The Hall–Kier alpha value is -1.60. The van der Waals surface area contributed by atoms with E-state index < -0.39 is 6.61 Å². The topological polar surface area (TPSA) is 76.6 Å². The quantitative estimate of drug-likeness (QED) is 0.319. The van der Waals surface area contributed by atoms with E-state index in [9.17, 15) is 8.78 Å². The number of morpholine rings is 1. The zero-order valence-corrected chi connectivity index (χ0v) is 18.8. The fourth-order valence-corrected chi connectivity index (χ4v) is 3.00. The average molecular weight is 528 g/mol. The highest BCUT2D eigenvalue weighted by molar-refractivity contribution is 14.0. The second-order valence-corrected chi connectivity index (χ2v) is 6.52. The fraction of sp³-hybridized carbons (Fsp3) is 0.611. The molecular formula is C18H27F2IN4O4. The van der Waals surface area contributed by atoms with Crippen LogP contribution in [0, 0.1) is 0 Å². The number of hydrogen-bond acceptors (Lipinski definition) is 6. The van der Waals surface area contributed by atoms with Crippen molar-refractivity contribution in [1.82, 2.24) is 15.5 Å². The number of nitrogens with one attached hydrogen (secondary N) is 2. The number of benzene rings is 1. The summed E-state index contributed by atoms with van der Waals surface area (Å²) in [5.74, 6) is 1.46. The molecule has 0 aliphatic carbocycles. The summed E-state index contributed by atoms with van der Waals surface area (Å²) in [6, 6.07) is 3.03. The molecule has 1 aromatic rings. The molecule has 11 heteroatoms. The van der Waals surface area contributed by atoms with Gasteiger partial charge in [-0.2, -0.15) is 8.78 Å². The first-order valence-corrected chi connectivity index (χ1v) is 9.24. The molecule has 29 heavy (non-hydrogen) atoms. The molecule has 164 valence electrons. The summed E-state index contributed by atoms with van der Waals surface area (Å²) in [6.07, 6.45) is 0.0610. The maximum absolute atomic E-state index is 12.8. The summed E-state index contributed by atoms with van der Waals surface area (Å²) in [6.45, 7) is 2.92. The minimum atomic E-state index is -2.94. The Labute approximate surface area is 185 Å². The van der Waals surface area contributed by atoms with Crippen LogP contribution in [-0.4, -0.2) is 70.2 Å². The molecule has 8 nitrogen and oxygen atoms in total. The summed E-state index contributed by atoms with van der Waals surface area (Å²) in [5, 5.41) is 6.38. The van der Waals surface area contributed by atoms with E-state index in [1.807, 2.05) is 6.92 Å². The Kier molecular flexibility index (Phi) is 9.43. The maximum Gasteiger partial charge on any atom is 0.387 e. The lowest BCUT2D eigenvalue weighted by atomic mass is 10.1. The van der Waals surface area contributed by atoms with E-state index in [0.29, 0.717) is 42.7 Å². The van der Waals surface area contributed by atoms with Crippen molar-refractivity contribution in [3.8, 4) is 17.2 Å². The van der Waals surface area contributed by atoms with Gasteiger partial charge in [-0.05, 0) is 20.0 Å². The second kappa shape index (κ2) is 11.6. The van der Waals surface area contributed by atoms with Gasteiger partial charge in [0.15, 0.2) is 17.5 Å². The Balaban J connectivity index is 0.00000300. The highest BCUT2D eigenvalue weighted by Gasteiger charge is 2.21. The third-order valence-electron chi connectivity index (χ3n) is 4.36. The number of halogens is 3. The van der Waals surface area contributed by atoms with Gasteiger partial charge in [-0.1, -0.05) is 0 Å². The zero-order valence-electron chi connectivity index (χ0n) is 16.5. The second-order valence-electron chi connectivity index (χ2n) is 6.52. The molecule has 2 aliphatic rings. The molecule has 0 saturated carbocycles. The first-order valence-electron chi connectivity index (χ1n) is 9.24. The summed E-state index contributed by atoms with van der Waals surface area (Å²) in [5.41, 5.74) is 0.482. The number of rotatable bonds is 7. The standard InChI is InChI=1S/C18H26F2N4O4.HI/c1-3-21-18(23-9-13-10-24(2)4-5-25-13)22-8-12-6-15-16(27-11-26-15)7-14(12)28-17(19)20;/h6-7,13,17H,3-5,8-11H2,1-2H3,(H2,21,22,23);1H. The third-order valence-corrected chi connectivity index (χ3v) is 4.36. The molecule has 3 rings (SSSR count). The van der Waals surface area contributed by atoms with Crippen molar-refractivity contribution in [2.24, 2.45) is 4.99 Å². The van der Waals surface area contributed by atoms with Crippen molar-refractivity contribution in [3.63, 3.8) is 0 Å². The van der Waals surface area contributed by atoms with Crippen LogP contribution in [0.2, 0.25) is 0 Å². The number of likely N-dealkylation sites (N-methyl/N-ethyl adjacent to an activating group) is 1. The number of guanidine groups is 1. The molecule has 1 fully saturated rings. The molecule has 0 bridgehead atoms. The van der Waals surface area contributed by atoms with Gasteiger partial charge in [0, 0.05) is 37.8 Å². The first kappa shape index (κ1) is 23.7. The van der Waals surface area contributed by atoms with Gasteiger partial charge < -0.3 is 34.5 Å². The van der Waals surface area contributed by atoms with E-state index in [1.165, 1.54) is 6.07 Å². The number of aliphatic imine (C=N–C) groups is 1. The SMILES string of the molecule is CCNC(=NCc1cc2c(cc1OC(F)F)OCO2)NCC1CN(C)CCO1.I. The molecule has 2 N–H and O–H groups in total. The van der Waals surface area contributed by atoms with Crippen LogP contribution in [0.15, 0.2) is 17.1 Å². The van der Waals surface area contributed by atoms with Crippen LogP contribution in [0.4, 0.5) is 8.78 Å². The molecule has 1 unspecified atom stereocenters. The van der Waals surface area contributed by atoms with Crippen LogP contribution >= 0.6 is 24.0 Å². The van der Waals surface area contributed by atoms with Crippen molar-refractivity contribution in [3.05, 3.63) is 17.7 Å². The summed E-state index contributed by atoms with van der Waals surface area (Å²) in [4.78, 5) is 6.69. The fourth-order valence-electron chi connectivity index (χ4n) is 3.00. The lowest BCUT2D eigenvalue weighted by Crippen LogP contribution is -2.48. The molecule has 0 radical (unpaired) electrons. The van der Waals surface area contributed by atoms with Crippen LogP contribution in [0.3, 0.4) is 0 Å². The number of hydrogen-bond donors (Lipinski definition) is 2. The van der Waals surface area contributed by atoms with Crippen molar-refractivity contribution in [2.75, 3.05) is 46.6 Å². The molecule has 1 saturated heterocycles. The van der Waals surface area contributed by atoms with E-state index >= 15 is 0 Å². The molecule has 0 spiro atoms. The lowest BCUT2D eigenvalue weighted by molar-refractivity contribution is -0.0505. The first-order chi connectivity index (χ1) is 13.5. The van der Waals surface area contributed by atoms with Crippen LogP contribution in [-0.2, 0) is 11.3 Å². The van der Waals surface area contributed by atoms with Gasteiger partial charge in [-0.3, -0.25) is 0 Å². The Bertz CT molecular complexity index is 696. The maximum atomic E-state index is 12.8. The predicted molar refractivity (Wildman–Crippen MR) is 115 cm³/mol. The Morgan fingerprint density at radius 1 is 1.31 bits per heavy atom. The van der Waals surface area contributed by atoms with Crippen LogP contribution in [0.1, 0.15) is 12.5 Å². The molecular weight excluding hydrogens is 501 g/mol. The van der Waals surface area contributed by atoms with E-state index in [0.717, 1.165) is 13.1 Å². The minimum absolute atomic E-state index is 0. The van der Waals surface area contributed by atoms with E-state index in [4.69, 9.17) is 14.2 Å². The predicted octanol–water partition coefficient (Wildman–Crippen LogP) is 2.02. The number of nitrogens with zero attached hydrogens (tertiary/aromatic N) is 2. The van der Waals surface area contributed by atoms with Crippen molar-refractivity contribution in [2.45, 2.75) is 26.2 Å². The highest BCUT2D eigenvalue weighted by Crippen LogP contribution is 2.39. The third kappa shape index (κ3) is 7.00. The van der Waals surface area contributed by atoms with Gasteiger partial charge in [-0.15, -0.1) is 24.0 Å². The zero-order chi connectivity index (χ0) is 19.9. The van der Waals surface area contributed by atoms with Gasteiger partial charge in [0.2, 0.25) is 6.79 Å². The summed E-state index contributed by atoms with van der Waals surface area (Å²) in [7, 11) is 2.05. The van der Waals surface area contributed by atoms with Crippen LogP contribution in [0.5, 0.6) is 17.2 Å². The van der Waals surface area contributed by atoms with E-state index in [-0.39, 0.29) is 49.2 Å². The van der Waals surface area contributed by atoms with Gasteiger partial charge in [0.25, 0.3) is 0 Å². The van der Waals surface area contributed by atoms with Crippen molar-refractivity contribution < 1.29 is 27.7 Å². The van der Waals surface area contributed by atoms with Gasteiger partial charge >= 0.3 is 6.61 Å². The van der Waals surface area contributed by atoms with Crippen molar-refractivity contribution in [1.29, 1.82) is 0 Å². The van der Waals surface area contributed by atoms with Gasteiger partial charge in [0.05, 0.1) is 19.3 Å². The molecule has 0 amide bonds. The monoisotopic (exact) mass is 528 g/mol. The summed E-state index contributed by atoms with van der Waals surface area (Å²) >= 11 is 0. The molecule has 1 atom stereocenters. The highest BCUT2D eigenvalue weighted by atomic mass is 127. The van der Waals surface area contributed by atoms with Crippen LogP contribution in [0.25, 0.3) is 0 Å². The molecule has 0 aromatic heterocycles.